The molecule has 0 aliphatic rings. The molecule has 0 unspecified atom stereocenters. The number of hydrogen-bond acceptors (Lipinski definition) is 3. The van der Waals surface area contributed by atoms with Crippen LogP contribution in [0.5, 0.6) is 0 Å². The summed E-state index contributed by atoms with van der Waals surface area (Å²) in [5.74, 6) is -0.675. The van der Waals surface area contributed by atoms with Crippen molar-refractivity contribution in [2.75, 3.05) is 0 Å². The van der Waals surface area contributed by atoms with E-state index in [1.54, 1.807) is 12.1 Å². The second-order valence-electron chi connectivity index (χ2n) is 3.85. The first-order valence-corrected chi connectivity index (χ1v) is 5.73. The van der Waals surface area contributed by atoms with Crippen molar-refractivity contribution in [3.63, 3.8) is 0 Å². The zero-order valence-electron chi connectivity index (χ0n) is 9.61. The third-order valence-electron chi connectivity index (χ3n) is 2.62. The molecule has 16 heavy (non-hydrogen) atoms. The summed E-state index contributed by atoms with van der Waals surface area (Å²) in [4.78, 5) is 15.0. The van der Waals surface area contributed by atoms with E-state index in [-0.39, 0.29) is 0 Å². The second kappa shape index (κ2) is 7.01. The van der Waals surface area contributed by atoms with Crippen LogP contribution in [0.3, 0.4) is 0 Å². The molecular weight excluding hydrogens is 204 g/mol. The minimum Gasteiger partial charge on any atom is -0.295 e. The standard InChI is InChI=1S/C13H18O3/c1-2-3-4-5-8-11-9-6-7-10-12(11)13(14)16-15/h6-7,9-10,15H,2-5,8H2,1H3. The van der Waals surface area contributed by atoms with Crippen LogP contribution in [0.1, 0.15) is 48.5 Å². The number of rotatable bonds is 6. The van der Waals surface area contributed by atoms with E-state index in [1.165, 1.54) is 19.3 Å². The lowest BCUT2D eigenvalue weighted by atomic mass is 10.0. The molecule has 0 heterocycles. The highest BCUT2D eigenvalue weighted by atomic mass is 17.1. The third-order valence-corrected chi connectivity index (χ3v) is 2.62. The minimum atomic E-state index is -0.675. The fourth-order valence-corrected chi connectivity index (χ4v) is 1.73. The van der Waals surface area contributed by atoms with Crippen molar-refractivity contribution in [2.45, 2.75) is 39.0 Å². The highest BCUT2D eigenvalue weighted by molar-refractivity contribution is 5.90. The van der Waals surface area contributed by atoms with Gasteiger partial charge >= 0.3 is 5.97 Å². The Morgan fingerprint density at radius 1 is 1.25 bits per heavy atom. The average Bonchev–Trinajstić information content (AvgIpc) is 2.34. The van der Waals surface area contributed by atoms with E-state index in [0.29, 0.717) is 5.56 Å². The van der Waals surface area contributed by atoms with Crippen LogP contribution in [0.4, 0.5) is 0 Å². The Balaban J connectivity index is 2.60. The van der Waals surface area contributed by atoms with Crippen molar-refractivity contribution < 1.29 is 14.9 Å². The molecule has 0 amide bonds. The van der Waals surface area contributed by atoms with Crippen LogP contribution in [-0.2, 0) is 11.3 Å². The Kier molecular flexibility index (Phi) is 5.57. The van der Waals surface area contributed by atoms with Gasteiger partial charge in [-0.05, 0) is 24.5 Å². The van der Waals surface area contributed by atoms with Crippen LogP contribution in [0.25, 0.3) is 0 Å². The Hall–Kier alpha value is -1.35. The maximum absolute atomic E-state index is 11.3. The Morgan fingerprint density at radius 3 is 2.69 bits per heavy atom. The number of benzene rings is 1. The molecule has 3 nitrogen and oxygen atoms in total. The van der Waals surface area contributed by atoms with Crippen molar-refractivity contribution >= 4 is 5.97 Å². The molecule has 0 saturated heterocycles. The van der Waals surface area contributed by atoms with E-state index >= 15 is 0 Å². The van der Waals surface area contributed by atoms with Crippen LogP contribution < -0.4 is 0 Å². The summed E-state index contributed by atoms with van der Waals surface area (Å²) >= 11 is 0. The van der Waals surface area contributed by atoms with Crippen LogP contribution >= 0.6 is 0 Å². The predicted molar refractivity (Wildman–Crippen MR) is 62.3 cm³/mol. The van der Waals surface area contributed by atoms with Crippen LogP contribution in [-0.4, -0.2) is 11.2 Å². The average molecular weight is 222 g/mol. The van der Waals surface area contributed by atoms with E-state index in [2.05, 4.69) is 11.8 Å². The summed E-state index contributed by atoms with van der Waals surface area (Å²) in [5.41, 5.74) is 1.40. The Bertz CT molecular complexity index is 334. The van der Waals surface area contributed by atoms with Gasteiger partial charge in [0.2, 0.25) is 0 Å². The lowest BCUT2D eigenvalue weighted by molar-refractivity contribution is -0.182. The van der Waals surface area contributed by atoms with Crippen LogP contribution in [0.15, 0.2) is 24.3 Å². The molecule has 0 spiro atoms. The summed E-state index contributed by atoms with van der Waals surface area (Å²) in [6.45, 7) is 2.16. The summed E-state index contributed by atoms with van der Waals surface area (Å²) in [5, 5.41) is 8.37. The van der Waals surface area contributed by atoms with Gasteiger partial charge in [0.1, 0.15) is 0 Å². The zero-order valence-corrected chi connectivity index (χ0v) is 9.61. The van der Waals surface area contributed by atoms with Gasteiger partial charge in [-0.15, -0.1) is 0 Å². The van der Waals surface area contributed by atoms with Gasteiger partial charge in [-0.25, -0.2) is 4.79 Å². The third kappa shape index (κ3) is 3.66. The smallest absolute Gasteiger partial charge is 0.295 e. The molecule has 0 aliphatic carbocycles. The zero-order chi connectivity index (χ0) is 11.8. The van der Waals surface area contributed by atoms with E-state index < -0.39 is 5.97 Å². The van der Waals surface area contributed by atoms with E-state index in [1.807, 2.05) is 12.1 Å². The molecule has 0 atom stereocenters. The predicted octanol–water partition coefficient (Wildman–Crippen LogP) is 3.44. The molecule has 1 aromatic rings. The largest absolute Gasteiger partial charge is 0.373 e. The van der Waals surface area contributed by atoms with E-state index in [0.717, 1.165) is 18.4 Å². The topological polar surface area (TPSA) is 46.5 Å². The normalized spacial score (nSPS) is 10.1. The highest BCUT2D eigenvalue weighted by Gasteiger charge is 2.11. The number of carbonyl (C=O) groups excluding carboxylic acids is 1. The van der Waals surface area contributed by atoms with Crippen molar-refractivity contribution in [1.82, 2.24) is 0 Å². The van der Waals surface area contributed by atoms with Gasteiger partial charge in [-0.1, -0.05) is 44.4 Å². The van der Waals surface area contributed by atoms with Gasteiger partial charge in [-0.3, -0.25) is 4.89 Å². The van der Waals surface area contributed by atoms with Crippen molar-refractivity contribution in [2.24, 2.45) is 0 Å². The molecular formula is C13H18O3. The molecule has 0 bridgehead atoms. The lowest BCUT2D eigenvalue weighted by Gasteiger charge is -2.06. The van der Waals surface area contributed by atoms with Crippen LogP contribution in [0.2, 0.25) is 0 Å². The quantitative estimate of drug-likeness (QED) is 0.455. The number of carbonyl (C=O) groups is 1. The summed E-state index contributed by atoms with van der Waals surface area (Å²) in [6, 6.07) is 7.23. The first kappa shape index (κ1) is 12.7. The van der Waals surface area contributed by atoms with Gasteiger partial charge in [0.25, 0.3) is 0 Å². The minimum absolute atomic E-state index is 0.460. The van der Waals surface area contributed by atoms with Crippen molar-refractivity contribution in [3.8, 4) is 0 Å². The molecule has 0 aromatic heterocycles. The first-order chi connectivity index (χ1) is 7.79. The molecule has 1 N–H and O–H groups in total. The van der Waals surface area contributed by atoms with Gasteiger partial charge in [0.05, 0.1) is 5.56 Å². The van der Waals surface area contributed by atoms with E-state index in [9.17, 15) is 4.79 Å². The van der Waals surface area contributed by atoms with E-state index in [4.69, 9.17) is 5.26 Å². The molecule has 3 heteroatoms. The van der Waals surface area contributed by atoms with Gasteiger partial charge in [-0.2, -0.15) is 5.26 Å². The van der Waals surface area contributed by atoms with Crippen LogP contribution in [0, 0.1) is 0 Å². The van der Waals surface area contributed by atoms with Crippen molar-refractivity contribution in [3.05, 3.63) is 35.4 Å². The fraction of sp³-hybridized carbons (Fsp3) is 0.462. The SMILES string of the molecule is CCCCCCc1ccccc1C(=O)OO. The molecule has 1 aromatic carbocycles. The fourth-order valence-electron chi connectivity index (χ4n) is 1.73. The number of hydrogen-bond donors (Lipinski definition) is 1. The van der Waals surface area contributed by atoms with Gasteiger partial charge < -0.3 is 0 Å². The Labute approximate surface area is 96.0 Å². The summed E-state index contributed by atoms with van der Waals surface area (Å²) < 4.78 is 0. The molecule has 0 saturated carbocycles. The van der Waals surface area contributed by atoms with Gasteiger partial charge in [0.15, 0.2) is 0 Å². The summed E-state index contributed by atoms with van der Waals surface area (Å²) in [7, 11) is 0. The summed E-state index contributed by atoms with van der Waals surface area (Å²) in [6.07, 6.45) is 5.49. The number of unbranched alkanes of at least 4 members (excludes halogenated alkanes) is 3. The monoisotopic (exact) mass is 222 g/mol. The Morgan fingerprint density at radius 2 is 2.00 bits per heavy atom. The van der Waals surface area contributed by atoms with Crippen molar-refractivity contribution in [1.29, 1.82) is 0 Å². The maximum Gasteiger partial charge on any atom is 0.373 e. The lowest BCUT2D eigenvalue weighted by Crippen LogP contribution is -2.05. The first-order valence-electron chi connectivity index (χ1n) is 5.73. The molecule has 0 aliphatic heterocycles. The molecule has 0 fully saturated rings. The second-order valence-corrected chi connectivity index (χ2v) is 3.85. The maximum atomic E-state index is 11.3. The molecule has 0 radical (unpaired) electrons. The number of aryl methyl sites for hydroxylation is 1. The molecule has 1 rings (SSSR count). The van der Waals surface area contributed by atoms with Gasteiger partial charge in [0, 0.05) is 0 Å². The molecule has 88 valence electrons. The highest BCUT2D eigenvalue weighted by Crippen LogP contribution is 2.14.